The summed E-state index contributed by atoms with van der Waals surface area (Å²) in [6.45, 7) is 8.69. The Morgan fingerprint density at radius 3 is 3.00 bits per heavy atom. The van der Waals surface area contributed by atoms with Gasteiger partial charge in [0.05, 0.1) is 11.4 Å². The lowest BCUT2D eigenvalue weighted by Gasteiger charge is -2.17. The van der Waals surface area contributed by atoms with E-state index in [2.05, 4.69) is 42.9 Å². The Labute approximate surface area is 133 Å². The molecule has 0 aromatic carbocycles. The number of nitrogens with one attached hydrogen (secondary N) is 2. The van der Waals surface area contributed by atoms with Crippen LogP contribution in [0.15, 0.2) is 60.1 Å². The molecule has 0 heterocycles. The lowest BCUT2D eigenvalue weighted by Crippen LogP contribution is -2.29. The molecule has 0 aromatic heterocycles. The SMILES string of the molecule is C=C(/C=C/C1C=C/C(N)=C(/NCCN(C)CC)C/C=C\1)NO. The zero-order chi connectivity index (χ0) is 16.4. The normalized spacial score (nSPS) is 23.4. The zero-order valence-corrected chi connectivity index (χ0v) is 13.5. The van der Waals surface area contributed by atoms with Crippen LogP contribution in [0.1, 0.15) is 13.3 Å². The number of hydrogen-bond donors (Lipinski definition) is 4. The minimum absolute atomic E-state index is 0.136. The molecule has 5 N–H and O–H groups in total. The van der Waals surface area contributed by atoms with Gasteiger partial charge in [-0.3, -0.25) is 10.7 Å². The minimum Gasteiger partial charge on any atom is -0.397 e. The Morgan fingerprint density at radius 1 is 1.55 bits per heavy atom. The third-order valence-electron chi connectivity index (χ3n) is 3.56. The molecule has 0 fully saturated rings. The molecule has 0 aromatic rings. The molecule has 1 aliphatic carbocycles. The molecule has 1 atom stereocenters. The lowest BCUT2D eigenvalue weighted by molar-refractivity contribution is 0.205. The summed E-state index contributed by atoms with van der Waals surface area (Å²) in [7, 11) is 2.10. The molecule has 1 aliphatic rings. The van der Waals surface area contributed by atoms with Gasteiger partial charge in [-0.2, -0.15) is 0 Å². The highest BCUT2D eigenvalue weighted by molar-refractivity contribution is 5.29. The average Bonchev–Trinajstić information content (AvgIpc) is 2.52. The molecule has 5 heteroatoms. The smallest absolute Gasteiger partial charge is 0.0527 e. The maximum Gasteiger partial charge on any atom is 0.0527 e. The van der Waals surface area contributed by atoms with Crippen molar-refractivity contribution in [2.45, 2.75) is 13.3 Å². The molecule has 5 nitrogen and oxygen atoms in total. The molecule has 0 saturated carbocycles. The second-order valence-corrected chi connectivity index (χ2v) is 5.32. The van der Waals surface area contributed by atoms with Gasteiger partial charge in [0.15, 0.2) is 0 Å². The molecule has 0 aliphatic heterocycles. The van der Waals surface area contributed by atoms with Gasteiger partial charge in [0, 0.05) is 31.1 Å². The van der Waals surface area contributed by atoms with Crippen molar-refractivity contribution in [2.75, 3.05) is 26.7 Å². The lowest BCUT2D eigenvalue weighted by atomic mass is 10.0. The van der Waals surface area contributed by atoms with Gasteiger partial charge in [0.25, 0.3) is 0 Å². The summed E-state index contributed by atoms with van der Waals surface area (Å²) in [6.07, 6.45) is 12.6. The van der Waals surface area contributed by atoms with Gasteiger partial charge in [-0.1, -0.05) is 37.8 Å². The largest absolute Gasteiger partial charge is 0.397 e. The molecule has 0 bridgehead atoms. The first-order chi connectivity index (χ1) is 10.6. The van der Waals surface area contributed by atoms with Crippen molar-refractivity contribution >= 4 is 0 Å². The summed E-state index contributed by atoms with van der Waals surface area (Å²) < 4.78 is 0. The second kappa shape index (κ2) is 9.87. The van der Waals surface area contributed by atoms with Gasteiger partial charge in [-0.05, 0) is 25.7 Å². The summed E-state index contributed by atoms with van der Waals surface area (Å²) in [6, 6.07) is 0. The fraction of sp³-hybridized carbons (Fsp3) is 0.412. The molecule has 0 spiro atoms. The summed E-state index contributed by atoms with van der Waals surface area (Å²) in [4.78, 5) is 2.25. The van der Waals surface area contributed by atoms with Gasteiger partial charge >= 0.3 is 0 Å². The molecule has 1 unspecified atom stereocenters. The predicted octanol–water partition coefficient (Wildman–Crippen LogP) is 1.88. The molecule has 0 radical (unpaired) electrons. The number of rotatable bonds is 8. The molecule has 1 rings (SSSR count). The van der Waals surface area contributed by atoms with E-state index < -0.39 is 0 Å². The highest BCUT2D eigenvalue weighted by atomic mass is 16.5. The van der Waals surface area contributed by atoms with Gasteiger partial charge in [-0.15, -0.1) is 0 Å². The van der Waals surface area contributed by atoms with Crippen LogP contribution in [0.4, 0.5) is 0 Å². The van der Waals surface area contributed by atoms with Crippen LogP contribution in [0.3, 0.4) is 0 Å². The maximum atomic E-state index is 8.70. The fourth-order valence-corrected chi connectivity index (χ4v) is 1.96. The molecular weight excluding hydrogens is 276 g/mol. The van der Waals surface area contributed by atoms with Crippen LogP contribution in [0, 0.1) is 5.92 Å². The van der Waals surface area contributed by atoms with Crippen molar-refractivity contribution in [3.63, 3.8) is 0 Å². The topological polar surface area (TPSA) is 73.5 Å². The monoisotopic (exact) mass is 304 g/mol. The van der Waals surface area contributed by atoms with Gasteiger partial charge < -0.3 is 16.0 Å². The number of nitrogens with zero attached hydrogens (tertiary/aromatic N) is 1. The van der Waals surface area contributed by atoms with Crippen LogP contribution in [0.2, 0.25) is 0 Å². The van der Waals surface area contributed by atoms with Crippen molar-refractivity contribution in [2.24, 2.45) is 11.7 Å². The first kappa shape index (κ1) is 18.1. The van der Waals surface area contributed by atoms with Crippen molar-refractivity contribution in [1.82, 2.24) is 15.7 Å². The number of nitrogens with two attached hydrogens (primary N) is 1. The third-order valence-corrected chi connectivity index (χ3v) is 3.56. The fourth-order valence-electron chi connectivity index (χ4n) is 1.96. The van der Waals surface area contributed by atoms with E-state index in [0.29, 0.717) is 5.70 Å². The summed E-state index contributed by atoms with van der Waals surface area (Å²) in [5.74, 6) is 0.136. The van der Waals surface area contributed by atoms with E-state index in [1.807, 2.05) is 23.7 Å². The minimum atomic E-state index is 0.136. The number of hydrogen-bond acceptors (Lipinski definition) is 5. The highest BCUT2D eigenvalue weighted by Gasteiger charge is 2.05. The summed E-state index contributed by atoms with van der Waals surface area (Å²) in [5.41, 5.74) is 10.4. The average molecular weight is 304 g/mol. The highest BCUT2D eigenvalue weighted by Crippen LogP contribution is 2.14. The Kier molecular flexibility index (Phi) is 8.10. The van der Waals surface area contributed by atoms with E-state index in [-0.39, 0.29) is 5.92 Å². The second-order valence-electron chi connectivity index (χ2n) is 5.32. The number of allylic oxidation sites excluding steroid dienone is 6. The first-order valence-electron chi connectivity index (χ1n) is 7.60. The maximum absolute atomic E-state index is 8.70. The predicted molar refractivity (Wildman–Crippen MR) is 92.0 cm³/mol. The van der Waals surface area contributed by atoms with Crippen molar-refractivity contribution in [3.05, 3.63) is 60.1 Å². The van der Waals surface area contributed by atoms with Crippen LogP contribution in [0.5, 0.6) is 0 Å². The van der Waals surface area contributed by atoms with Crippen molar-refractivity contribution < 1.29 is 5.21 Å². The summed E-state index contributed by atoms with van der Waals surface area (Å²) in [5, 5.41) is 12.1. The number of hydroxylamine groups is 1. The molecular formula is C17H28N4O. The van der Waals surface area contributed by atoms with E-state index in [4.69, 9.17) is 10.9 Å². The van der Waals surface area contributed by atoms with E-state index >= 15 is 0 Å². The quantitative estimate of drug-likeness (QED) is 0.313. The molecule has 0 amide bonds. The first-order valence-corrected chi connectivity index (χ1v) is 7.60. The Bertz CT molecular complexity index is 477. The Hall–Kier alpha value is -1.98. The van der Waals surface area contributed by atoms with Crippen LogP contribution in [-0.2, 0) is 0 Å². The number of likely N-dealkylation sites (N-methyl/N-ethyl adjacent to an activating group) is 1. The Balaban J connectivity index is 2.62. The van der Waals surface area contributed by atoms with Crippen LogP contribution < -0.4 is 16.5 Å². The van der Waals surface area contributed by atoms with Gasteiger partial charge in [0.1, 0.15) is 0 Å². The molecule has 122 valence electrons. The van der Waals surface area contributed by atoms with Crippen molar-refractivity contribution in [1.29, 1.82) is 0 Å². The van der Waals surface area contributed by atoms with Gasteiger partial charge in [0.2, 0.25) is 0 Å². The summed E-state index contributed by atoms with van der Waals surface area (Å²) >= 11 is 0. The van der Waals surface area contributed by atoms with Gasteiger partial charge in [-0.25, -0.2) is 0 Å². The van der Waals surface area contributed by atoms with Crippen LogP contribution in [0.25, 0.3) is 0 Å². The van der Waals surface area contributed by atoms with Crippen LogP contribution >= 0.6 is 0 Å². The third kappa shape index (κ3) is 6.65. The Morgan fingerprint density at radius 2 is 2.32 bits per heavy atom. The van der Waals surface area contributed by atoms with Crippen molar-refractivity contribution in [3.8, 4) is 0 Å². The van der Waals surface area contributed by atoms with E-state index in [0.717, 1.165) is 37.4 Å². The zero-order valence-electron chi connectivity index (χ0n) is 13.5. The van der Waals surface area contributed by atoms with E-state index in [1.165, 1.54) is 0 Å². The van der Waals surface area contributed by atoms with Crippen LogP contribution in [-0.4, -0.2) is 36.8 Å². The molecule has 22 heavy (non-hydrogen) atoms. The van der Waals surface area contributed by atoms with E-state index in [1.54, 1.807) is 6.08 Å². The molecule has 0 saturated heterocycles. The van der Waals surface area contributed by atoms with E-state index in [9.17, 15) is 0 Å². The standard InChI is InChI=1S/C17H28N4O/c1-4-21(3)13-12-19-17-7-5-6-15(10-11-16(17)18)9-8-14(2)20-22/h5-6,8-11,15,19-20,22H,2,4,7,12-13,18H2,1,3H3/b6-5-,9-8+,11-10?,17-16-.